The first-order valence-corrected chi connectivity index (χ1v) is 8.83. The zero-order chi connectivity index (χ0) is 18.7. The molecule has 0 radical (unpaired) electrons. The van der Waals surface area contributed by atoms with Crippen molar-refractivity contribution in [3.8, 4) is 17.8 Å². The fourth-order valence-electron chi connectivity index (χ4n) is 2.53. The van der Waals surface area contributed by atoms with Gasteiger partial charge in [0, 0.05) is 5.02 Å². The molecule has 0 bridgehead atoms. The second-order valence-corrected chi connectivity index (χ2v) is 7.02. The number of aryl methyl sites for hydroxylation is 1. The molecule has 0 N–H and O–H groups in total. The first kappa shape index (κ1) is 17.7. The summed E-state index contributed by atoms with van der Waals surface area (Å²) in [5.41, 5.74) is 2.06. The van der Waals surface area contributed by atoms with Gasteiger partial charge in [0.05, 0.1) is 10.2 Å². The van der Waals surface area contributed by atoms with Gasteiger partial charge in [-0.05, 0) is 36.8 Å². The van der Waals surface area contributed by atoms with E-state index in [2.05, 4.69) is 0 Å². The van der Waals surface area contributed by atoms with Crippen LogP contribution in [0.5, 0.6) is 0 Å². The number of rotatable bonds is 2. The first-order valence-electron chi connectivity index (χ1n) is 7.64. The fourth-order valence-corrected chi connectivity index (χ4v) is 3.77. The lowest BCUT2D eigenvalue weighted by Gasteiger charge is -2.02. The average molecular weight is 378 g/mol. The van der Waals surface area contributed by atoms with Gasteiger partial charge >= 0.3 is 0 Å². The van der Waals surface area contributed by atoms with E-state index in [1.165, 1.54) is 4.57 Å². The predicted octanol–water partition coefficient (Wildman–Crippen LogP) is 2.89. The number of hydrogen-bond donors (Lipinski definition) is 0. The van der Waals surface area contributed by atoms with E-state index >= 15 is 0 Å². The van der Waals surface area contributed by atoms with E-state index < -0.39 is 0 Å². The molecule has 6 heteroatoms. The van der Waals surface area contributed by atoms with E-state index in [0.29, 0.717) is 19.9 Å². The number of halogens is 1. The largest absolute Gasteiger partial charge is 0.273 e. The number of benzene rings is 2. The average Bonchev–Trinajstić information content (AvgIpc) is 2.92. The van der Waals surface area contributed by atoms with Crippen molar-refractivity contribution in [2.24, 2.45) is 0 Å². The van der Waals surface area contributed by atoms with Crippen molar-refractivity contribution in [2.75, 3.05) is 0 Å². The van der Waals surface area contributed by atoms with E-state index in [4.69, 9.17) is 11.6 Å². The van der Waals surface area contributed by atoms with Gasteiger partial charge in [0.1, 0.15) is 16.8 Å². The Morgan fingerprint density at radius 1 is 1.15 bits per heavy atom. The Hall–Kier alpha value is -3.12. The summed E-state index contributed by atoms with van der Waals surface area (Å²) in [5, 5.41) is 19.0. The van der Waals surface area contributed by atoms with Crippen LogP contribution in [0.3, 0.4) is 0 Å². The summed E-state index contributed by atoms with van der Waals surface area (Å²) in [6.07, 6.45) is 1.76. The molecule has 4 nitrogen and oxygen atoms in total. The SMILES string of the molecule is Cc1cccc(/C=c2\sc(=C(C#N)C#N)n(-c3cccc(Cl)c3)c2=O)c1. The van der Waals surface area contributed by atoms with Crippen LogP contribution < -0.4 is 14.8 Å². The minimum Gasteiger partial charge on any atom is -0.267 e. The minimum atomic E-state index is -0.295. The smallest absolute Gasteiger partial charge is 0.267 e. The highest BCUT2D eigenvalue weighted by Gasteiger charge is 2.11. The molecule has 0 aliphatic carbocycles. The molecule has 0 atom stereocenters. The molecular weight excluding hydrogens is 366 g/mol. The second-order valence-electron chi connectivity index (χ2n) is 5.55. The number of aromatic nitrogens is 1. The minimum absolute atomic E-state index is 0.115. The first-order chi connectivity index (χ1) is 12.5. The standard InChI is InChI=1S/C20H12ClN3OS/c1-13-4-2-5-14(8-13)9-18-19(25)24(17-7-3-6-16(21)10-17)20(26-18)15(11-22)12-23/h2-10H,1H3/b18-9-. The Labute approximate surface area is 158 Å². The van der Waals surface area contributed by atoms with E-state index in [0.717, 1.165) is 22.5 Å². The van der Waals surface area contributed by atoms with Gasteiger partial charge in [-0.3, -0.25) is 9.36 Å². The summed E-state index contributed by atoms with van der Waals surface area (Å²) >= 11 is 7.16. The van der Waals surface area contributed by atoms with Crippen LogP contribution in [-0.4, -0.2) is 4.57 Å². The van der Waals surface area contributed by atoms with E-state index in [1.807, 2.05) is 43.3 Å². The zero-order valence-corrected chi connectivity index (χ0v) is 15.3. The quantitative estimate of drug-likeness (QED) is 0.689. The van der Waals surface area contributed by atoms with Crippen molar-refractivity contribution in [1.82, 2.24) is 4.57 Å². The highest BCUT2D eigenvalue weighted by molar-refractivity contribution is 7.07. The maximum absolute atomic E-state index is 13.0. The van der Waals surface area contributed by atoms with Crippen LogP contribution in [0.25, 0.3) is 17.3 Å². The molecule has 126 valence electrons. The third kappa shape index (κ3) is 3.45. The molecule has 0 unspecified atom stereocenters. The molecule has 2 aromatic carbocycles. The Kier molecular flexibility index (Phi) is 5.04. The van der Waals surface area contributed by atoms with Crippen LogP contribution in [0.15, 0.2) is 53.3 Å². The van der Waals surface area contributed by atoms with Gasteiger partial charge < -0.3 is 0 Å². The molecular formula is C20H12ClN3OS. The third-order valence-corrected chi connectivity index (χ3v) is 4.99. The van der Waals surface area contributed by atoms with Crippen LogP contribution in [-0.2, 0) is 0 Å². The number of thiazole rings is 1. The molecule has 0 fully saturated rings. The van der Waals surface area contributed by atoms with Gasteiger partial charge in [0.15, 0.2) is 5.57 Å². The van der Waals surface area contributed by atoms with Crippen molar-refractivity contribution in [3.63, 3.8) is 0 Å². The van der Waals surface area contributed by atoms with Gasteiger partial charge in [-0.1, -0.05) is 47.5 Å². The second kappa shape index (κ2) is 7.41. The number of nitriles is 2. The molecule has 1 aromatic heterocycles. The maximum atomic E-state index is 13.0. The Morgan fingerprint density at radius 2 is 1.88 bits per heavy atom. The van der Waals surface area contributed by atoms with Gasteiger partial charge in [0.25, 0.3) is 5.56 Å². The van der Waals surface area contributed by atoms with Crippen molar-refractivity contribution >= 4 is 34.6 Å². The highest BCUT2D eigenvalue weighted by Crippen LogP contribution is 2.12. The highest BCUT2D eigenvalue weighted by atomic mass is 35.5. The topological polar surface area (TPSA) is 69.6 Å². The van der Waals surface area contributed by atoms with E-state index in [-0.39, 0.29) is 11.1 Å². The van der Waals surface area contributed by atoms with Gasteiger partial charge in [0.2, 0.25) is 0 Å². The van der Waals surface area contributed by atoms with Crippen LogP contribution in [0.2, 0.25) is 5.02 Å². The molecule has 0 amide bonds. The third-order valence-electron chi connectivity index (χ3n) is 3.67. The molecule has 0 aliphatic rings. The van der Waals surface area contributed by atoms with Gasteiger partial charge in [-0.25, -0.2) is 0 Å². The van der Waals surface area contributed by atoms with Crippen LogP contribution in [0.1, 0.15) is 11.1 Å². The predicted molar refractivity (Wildman–Crippen MR) is 104 cm³/mol. The molecule has 26 heavy (non-hydrogen) atoms. The molecule has 3 rings (SSSR count). The Morgan fingerprint density at radius 3 is 2.54 bits per heavy atom. The Bertz CT molecular complexity index is 1240. The molecule has 0 aliphatic heterocycles. The summed E-state index contributed by atoms with van der Waals surface area (Å²) in [6, 6.07) is 18.2. The van der Waals surface area contributed by atoms with Gasteiger partial charge in [-0.2, -0.15) is 10.5 Å². The van der Waals surface area contributed by atoms with E-state index in [9.17, 15) is 15.3 Å². The lowest BCUT2D eigenvalue weighted by Crippen LogP contribution is -2.30. The van der Waals surface area contributed by atoms with Crippen LogP contribution in [0.4, 0.5) is 0 Å². The lowest BCUT2D eigenvalue weighted by molar-refractivity contribution is 0.988. The van der Waals surface area contributed by atoms with Crippen molar-refractivity contribution < 1.29 is 0 Å². The summed E-state index contributed by atoms with van der Waals surface area (Å²) in [5.74, 6) is 0. The molecule has 1 heterocycles. The molecule has 0 saturated heterocycles. The molecule has 3 aromatic rings. The fraction of sp³-hybridized carbons (Fsp3) is 0.0500. The van der Waals surface area contributed by atoms with Crippen molar-refractivity contribution in [3.05, 3.63) is 84.2 Å². The molecule has 0 spiro atoms. The summed E-state index contributed by atoms with van der Waals surface area (Å²) in [6.45, 7) is 1.97. The maximum Gasteiger partial charge on any atom is 0.273 e. The summed E-state index contributed by atoms with van der Waals surface area (Å²) in [4.78, 5) is 13.0. The van der Waals surface area contributed by atoms with Gasteiger partial charge in [-0.15, -0.1) is 11.3 Å². The zero-order valence-electron chi connectivity index (χ0n) is 13.7. The normalized spacial score (nSPS) is 11.0. The number of hydrogen-bond acceptors (Lipinski definition) is 4. The monoisotopic (exact) mass is 377 g/mol. The molecule has 0 saturated carbocycles. The summed E-state index contributed by atoms with van der Waals surface area (Å²) < 4.78 is 2.09. The lowest BCUT2D eigenvalue weighted by atomic mass is 10.1. The number of nitrogens with zero attached hydrogens (tertiary/aromatic N) is 3. The summed E-state index contributed by atoms with van der Waals surface area (Å²) in [7, 11) is 0. The van der Waals surface area contributed by atoms with Crippen LogP contribution >= 0.6 is 22.9 Å². The van der Waals surface area contributed by atoms with Crippen LogP contribution in [0, 0.1) is 29.6 Å². The Balaban J connectivity index is 2.41. The van der Waals surface area contributed by atoms with Crippen molar-refractivity contribution in [2.45, 2.75) is 6.92 Å². The van der Waals surface area contributed by atoms with E-state index in [1.54, 1.807) is 30.3 Å². The van der Waals surface area contributed by atoms with Crippen molar-refractivity contribution in [1.29, 1.82) is 10.5 Å².